The molecule has 36 heavy (non-hydrogen) atoms. The molecule has 5 heterocycles. The van der Waals surface area contributed by atoms with E-state index in [1.165, 1.54) is 28.0 Å². The second-order valence-electron chi connectivity index (χ2n) is 8.72. The fourth-order valence-electron chi connectivity index (χ4n) is 4.45. The van der Waals surface area contributed by atoms with Gasteiger partial charge in [-0.05, 0) is 0 Å². The van der Waals surface area contributed by atoms with Crippen LogP contribution in [0, 0.1) is 0 Å². The summed E-state index contributed by atoms with van der Waals surface area (Å²) in [5, 5.41) is 43.5. The first-order valence-electron chi connectivity index (χ1n) is 11.3. The van der Waals surface area contributed by atoms with Gasteiger partial charge in [-0.25, -0.2) is 19.7 Å². The van der Waals surface area contributed by atoms with Gasteiger partial charge in [-0.15, -0.1) is 0 Å². The van der Waals surface area contributed by atoms with Crippen LogP contribution in [0.4, 0.5) is 11.6 Å². The highest BCUT2D eigenvalue weighted by Gasteiger charge is 2.44. The summed E-state index contributed by atoms with van der Waals surface area (Å²) in [6.45, 7) is -0.0970. The third-order valence-electron chi connectivity index (χ3n) is 6.41. The summed E-state index contributed by atoms with van der Waals surface area (Å²) >= 11 is 0. The van der Waals surface area contributed by atoms with Gasteiger partial charge in [0.15, 0.2) is 17.7 Å². The molecule has 2 fully saturated rings. The largest absolute Gasteiger partial charge is 0.394 e. The molecule has 3 aromatic rings. The van der Waals surface area contributed by atoms with Crippen LogP contribution in [0.25, 0.3) is 11.2 Å². The Balaban J connectivity index is 1.26. The lowest BCUT2D eigenvalue weighted by atomic mass is 10.1. The number of rotatable bonds is 7. The maximum Gasteiger partial charge on any atom is 0.351 e. The van der Waals surface area contributed by atoms with E-state index in [0.29, 0.717) is 16.7 Å². The van der Waals surface area contributed by atoms with Gasteiger partial charge in [0.05, 0.1) is 19.0 Å². The van der Waals surface area contributed by atoms with E-state index >= 15 is 0 Å². The number of hydrogen-bond donors (Lipinski definition) is 7. The molecule has 16 nitrogen and oxygen atoms in total. The first-order chi connectivity index (χ1) is 17.3. The number of imidazole rings is 1. The summed E-state index contributed by atoms with van der Waals surface area (Å²) in [5.41, 5.74) is 12.3. The third-order valence-corrected chi connectivity index (χ3v) is 6.41. The first-order valence-corrected chi connectivity index (χ1v) is 11.3. The van der Waals surface area contributed by atoms with Crippen molar-refractivity contribution in [2.24, 2.45) is 0 Å². The van der Waals surface area contributed by atoms with Crippen molar-refractivity contribution in [2.75, 3.05) is 24.6 Å². The molecule has 2 aliphatic heterocycles. The number of nitrogens with one attached hydrogen (secondary N) is 1. The van der Waals surface area contributed by atoms with Crippen molar-refractivity contribution in [3.63, 3.8) is 0 Å². The van der Waals surface area contributed by atoms with Gasteiger partial charge in [-0.3, -0.25) is 9.13 Å². The SMILES string of the molecule is Nc1nc(=O)n([C@H]2C[C@H](O)[C@@H](CO)O2)cc1CNC[C@H]1O[C@@H](n2cnc3c(N)ncnc32)[C@H](O)[C@@H]1O. The average molecular weight is 505 g/mol. The number of nitrogens with two attached hydrogens (primary N) is 2. The van der Waals surface area contributed by atoms with E-state index in [1.807, 2.05) is 0 Å². The average Bonchev–Trinajstić information content (AvgIpc) is 3.52. The third kappa shape index (κ3) is 4.28. The molecule has 0 spiro atoms. The van der Waals surface area contributed by atoms with Crippen LogP contribution in [-0.4, -0.2) is 93.2 Å². The Bertz CT molecular complexity index is 1300. The predicted octanol–water partition coefficient (Wildman–Crippen LogP) is -3.40. The second-order valence-corrected chi connectivity index (χ2v) is 8.72. The van der Waals surface area contributed by atoms with Crippen LogP contribution in [0.3, 0.4) is 0 Å². The van der Waals surface area contributed by atoms with Gasteiger partial charge in [0.1, 0.15) is 48.3 Å². The van der Waals surface area contributed by atoms with Crippen molar-refractivity contribution >= 4 is 22.8 Å². The van der Waals surface area contributed by atoms with Crippen LogP contribution in [-0.2, 0) is 16.0 Å². The number of aliphatic hydroxyl groups is 4. The Labute approximate surface area is 203 Å². The molecule has 0 bridgehead atoms. The molecule has 0 aromatic carbocycles. The summed E-state index contributed by atoms with van der Waals surface area (Å²) in [4.78, 5) is 28.3. The molecule has 0 unspecified atom stereocenters. The molecule has 0 amide bonds. The van der Waals surface area contributed by atoms with E-state index in [1.54, 1.807) is 0 Å². The minimum Gasteiger partial charge on any atom is -0.394 e. The number of aromatic nitrogens is 6. The van der Waals surface area contributed by atoms with Gasteiger partial charge < -0.3 is 46.7 Å². The van der Waals surface area contributed by atoms with Gasteiger partial charge in [0.25, 0.3) is 0 Å². The molecule has 9 N–H and O–H groups in total. The van der Waals surface area contributed by atoms with Crippen LogP contribution in [0.5, 0.6) is 0 Å². The minimum atomic E-state index is -1.26. The fourth-order valence-corrected chi connectivity index (χ4v) is 4.45. The van der Waals surface area contributed by atoms with Gasteiger partial charge in [-0.2, -0.15) is 4.98 Å². The number of ether oxygens (including phenoxy) is 2. The smallest absolute Gasteiger partial charge is 0.351 e. The Kier molecular flexibility index (Phi) is 6.56. The molecular weight excluding hydrogens is 478 g/mol. The summed E-state index contributed by atoms with van der Waals surface area (Å²) in [5.74, 6) is 0.191. The molecule has 16 heteroatoms. The zero-order valence-electron chi connectivity index (χ0n) is 19.0. The standard InChI is InChI=1S/C20H27N9O7/c21-16-8(4-28(20(34)27-16)12-1-9(31)11(5-30)35-12)2-23-3-10-14(32)15(33)19(36-10)29-7-26-13-17(22)24-6-25-18(13)29/h4,6-7,9-12,14-15,19,23,30-33H,1-3,5H2,(H2,21,27,34)(H2,22,24,25)/t9-,10+,11+,12+,14+,15+,19+/m0/s1. The van der Waals surface area contributed by atoms with Crippen molar-refractivity contribution < 1.29 is 29.9 Å². The maximum absolute atomic E-state index is 12.3. The number of fused-ring (bicyclic) bond motifs is 1. The zero-order chi connectivity index (χ0) is 25.6. The summed E-state index contributed by atoms with van der Waals surface area (Å²) in [6, 6.07) is 0. The van der Waals surface area contributed by atoms with Crippen LogP contribution in [0.15, 0.2) is 23.6 Å². The summed E-state index contributed by atoms with van der Waals surface area (Å²) in [7, 11) is 0. The van der Waals surface area contributed by atoms with Crippen molar-refractivity contribution in [2.45, 2.75) is 55.9 Å². The maximum atomic E-state index is 12.3. The van der Waals surface area contributed by atoms with E-state index in [4.69, 9.17) is 20.9 Å². The molecule has 2 aliphatic rings. The predicted molar refractivity (Wildman–Crippen MR) is 122 cm³/mol. The molecular formula is C20H27N9O7. The molecule has 5 rings (SSSR count). The number of hydrogen-bond acceptors (Lipinski definition) is 14. The van der Waals surface area contributed by atoms with E-state index in [0.717, 1.165) is 0 Å². The van der Waals surface area contributed by atoms with E-state index in [-0.39, 0.29) is 37.8 Å². The fraction of sp³-hybridized carbons (Fsp3) is 0.550. The van der Waals surface area contributed by atoms with E-state index in [9.17, 15) is 25.2 Å². The molecule has 0 aliphatic carbocycles. The summed E-state index contributed by atoms with van der Waals surface area (Å²) < 4.78 is 14.1. The Morgan fingerprint density at radius 1 is 1.06 bits per heavy atom. The Morgan fingerprint density at radius 3 is 2.61 bits per heavy atom. The van der Waals surface area contributed by atoms with Crippen LogP contribution < -0.4 is 22.5 Å². The highest BCUT2D eigenvalue weighted by molar-refractivity contribution is 5.81. The number of aliphatic hydroxyl groups excluding tert-OH is 4. The normalized spacial score (nSPS) is 30.4. The van der Waals surface area contributed by atoms with Gasteiger partial charge >= 0.3 is 5.69 Å². The minimum absolute atomic E-state index is 0.00830. The molecule has 7 atom stereocenters. The van der Waals surface area contributed by atoms with Crippen LogP contribution in [0.1, 0.15) is 24.4 Å². The van der Waals surface area contributed by atoms with E-state index < -0.39 is 48.7 Å². The highest BCUT2D eigenvalue weighted by Crippen LogP contribution is 2.32. The van der Waals surface area contributed by atoms with Gasteiger partial charge in [0.2, 0.25) is 0 Å². The van der Waals surface area contributed by atoms with Crippen molar-refractivity contribution in [1.29, 1.82) is 0 Å². The van der Waals surface area contributed by atoms with Gasteiger partial charge in [0, 0.05) is 31.3 Å². The molecule has 194 valence electrons. The monoisotopic (exact) mass is 505 g/mol. The van der Waals surface area contributed by atoms with Crippen molar-refractivity contribution in [3.05, 3.63) is 34.9 Å². The first kappa shape index (κ1) is 24.4. The Morgan fingerprint density at radius 2 is 1.86 bits per heavy atom. The molecule has 2 saturated heterocycles. The topological polar surface area (TPSA) is 242 Å². The number of nitrogens with zero attached hydrogens (tertiary/aromatic N) is 6. The lowest BCUT2D eigenvalue weighted by Gasteiger charge is -2.18. The van der Waals surface area contributed by atoms with Crippen LogP contribution in [0.2, 0.25) is 0 Å². The molecule has 0 saturated carbocycles. The quantitative estimate of drug-likeness (QED) is 0.165. The second kappa shape index (κ2) is 9.66. The lowest BCUT2D eigenvalue weighted by molar-refractivity contribution is -0.0459. The van der Waals surface area contributed by atoms with Gasteiger partial charge in [-0.1, -0.05) is 0 Å². The number of anilines is 2. The number of nitrogen functional groups attached to an aromatic ring is 2. The molecule has 3 aromatic heterocycles. The Hall–Kier alpha value is -3.25. The zero-order valence-corrected chi connectivity index (χ0v) is 19.0. The van der Waals surface area contributed by atoms with Crippen molar-refractivity contribution in [1.82, 2.24) is 34.4 Å². The van der Waals surface area contributed by atoms with Crippen LogP contribution >= 0.6 is 0 Å². The summed E-state index contributed by atoms with van der Waals surface area (Å²) in [6.07, 6.45) is -2.46. The van der Waals surface area contributed by atoms with E-state index in [2.05, 4.69) is 25.3 Å². The lowest BCUT2D eigenvalue weighted by Crippen LogP contribution is -2.38. The van der Waals surface area contributed by atoms with Crippen molar-refractivity contribution in [3.8, 4) is 0 Å². The highest BCUT2D eigenvalue weighted by atomic mass is 16.6. The molecule has 0 radical (unpaired) electrons.